The minimum Gasteiger partial charge on any atom is -0.473 e. The third-order valence-corrected chi connectivity index (χ3v) is 9.34. The lowest BCUT2D eigenvalue weighted by atomic mass is 10.0. The van der Waals surface area contributed by atoms with Gasteiger partial charge in [-0.15, -0.1) is 11.3 Å². The van der Waals surface area contributed by atoms with Crippen LogP contribution >= 0.6 is 34.5 Å². The van der Waals surface area contributed by atoms with Crippen LogP contribution in [-0.2, 0) is 21.2 Å². The van der Waals surface area contributed by atoms with Gasteiger partial charge in [0.25, 0.3) is 5.91 Å². The fourth-order valence-electron chi connectivity index (χ4n) is 3.29. The van der Waals surface area contributed by atoms with Gasteiger partial charge in [0, 0.05) is 27.7 Å². The summed E-state index contributed by atoms with van der Waals surface area (Å²) in [5.41, 5.74) is 2.02. The Kier molecular flexibility index (Phi) is 7.11. The summed E-state index contributed by atoms with van der Waals surface area (Å²) in [5, 5.41) is 4.44. The molecule has 4 rings (SSSR count). The van der Waals surface area contributed by atoms with E-state index in [0.29, 0.717) is 21.2 Å². The molecule has 2 aromatic carbocycles. The summed E-state index contributed by atoms with van der Waals surface area (Å²) in [6.07, 6.45) is 1.22. The van der Waals surface area contributed by atoms with E-state index >= 15 is 0 Å². The van der Waals surface area contributed by atoms with Crippen molar-refractivity contribution in [3.63, 3.8) is 0 Å². The van der Waals surface area contributed by atoms with E-state index in [1.165, 1.54) is 23.7 Å². The number of benzene rings is 2. The number of amides is 1. The van der Waals surface area contributed by atoms with Gasteiger partial charge >= 0.3 is 0 Å². The molecule has 4 aromatic rings. The van der Waals surface area contributed by atoms with Crippen molar-refractivity contribution >= 4 is 66.1 Å². The molecule has 182 valence electrons. The topological polar surface area (TPSA) is 85.4 Å². The molecule has 10 heteroatoms. The highest BCUT2D eigenvalue weighted by molar-refractivity contribution is 7.91. The number of sulfone groups is 1. The molecule has 35 heavy (non-hydrogen) atoms. The van der Waals surface area contributed by atoms with E-state index < -0.39 is 14.6 Å². The van der Waals surface area contributed by atoms with Gasteiger partial charge < -0.3 is 10.1 Å². The minimum absolute atomic E-state index is 0.179. The van der Waals surface area contributed by atoms with E-state index in [-0.39, 0.29) is 23.5 Å². The predicted molar refractivity (Wildman–Crippen MR) is 143 cm³/mol. The van der Waals surface area contributed by atoms with E-state index in [4.69, 9.17) is 27.9 Å². The van der Waals surface area contributed by atoms with Crippen molar-refractivity contribution in [1.29, 1.82) is 0 Å². The molecular formula is C25H22Cl2N2O4S2. The number of anilines is 1. The molecule has 0 spiro atoms. The maximum absolute atomic E-state index is 12.9. The number of nitrogens with zero attached hydrogens (tertiary/aromatic N) is 1. The standard InChI is InChI=1S/C25H22Cl2N2O4S2/c1-25(2,35(3,31)32)17-6-9-20-16(10-17)11-21(34-20)24(30)28-19-12-22(27)29-23(13-19)33-14-15-4-7-18(26)8-5-15/h4-13H,14H2,1-3H3,(H,28,29,30). The summed E-state index contributed by atoms with van der Waals surface area (Å²) in [7, 11) is -3.32. The molecule has 0 radical (unpaired) electrons. The highest BCUT2D eigenvalue weighted by Crippen LogP contribution is 2.34. The number of carbonyl (C=O) groups excluding carboxylic acids is 1. The van der Waals surface area contributed by atoms with Crippen LogP contribution in [-0.4, -0.2) is 25.6 Å². The Morgan fingerprint density at radius 2 is 1.77 bits per heavy atom. The number of ether oxygens (including phenoxy) is 1. The van der Waals surface area contributed by atoms with E-state index in [1.54, 1.807) is 44.2 Å². The summed E-state index contributed by atoms with van der Waals surface area (Å²) in [4.78, 5) is 17.6. The zero-order chi connectivity index (χ0) is 25.4. The number of rotatable bonds is 7. The average Bonchev–Trinajstić information content (AvgIpc) is 3.21. The van der Waals surface area contributed by atoms with Crippen LogP contribution in [0.25, 0.3) is 10.1 Å². The number of pyridine rings is 1. The SMILES string of the molecule is CC(C)(c1ccc2sc(C(=O)Nc3cc(Cl)nc(OCc4ccc(Cl)cc4)c3)cc2c1)S(C)(=O)=O. The number of thiophene rings is 1. The van der Waals surface area contributed by atoms with E-state index in [0.717, 1.165) is 15.6 Å². The largest absolute Gasteiger partial charge is 0.473 e. The molecule has 1 N–H and O–H groups in total. The number of halogens is 2. The van der Waals surface area contributed by atoms with E-state index in [2.05, 4.69) is 10.3 Å². The molecule has 0 saturated heterocycles. The third kappa shape index (κ3) is 5.78. The molecule has 2 heterocycles. The minimum atomic E-state index is -3.32. The summed E-state index contributed by atoms with van der Waals surface area (Å²) >= 11 is 13.4. The molecule has 1 amide bonds. The first-order valence-electron chi connectivity index (χ1n) is 10.5. The Morgan fingerprint density at radius 1 is 1.06 bits per heavy atom. The second-order valence-corrected chi connectivity index (χ2v) is 13.0. The number of nitrogens with one attached hydrogen (secondary N) is 1. The van der Waals surface area contributed by atoms with Crippen molar-refractivity contribution in [2.24, 2.45) is 0 Å². The van der Waals surface area contributed by atoms with Gasteiger partial charge in [0.05, 0.1) is 9.62 Å². The summed E-state index contributed by atoms with van der Waals surface area (Å²) < 4.78 is 30.0. The Labute approximate surface area is 217 Å². The average molecular weight is 550 g/mol. The predicted octanol–water partition coefficient (Wildman–Crippen LogP) is 6.71. The normalized spacial score (nSPS) is 12.0. The summed E-state index contributed by atoms with van der Waals surface area (Å²) in [6.45, 7) is 3.60. The molecule has 0 aliphatic carbocycles. The lowest BCUT2D eigenvalue weighted by Crippen LogP contribution is -2.27. The second kappa shape index (κ2) is 9.78. The zero-order valence-electron chi connectivity index (χ0n) is 19.1. The number of carbonyl (C=O) groups is 1. The van der Waals surface area contributed by atoms with E-state index in [9.17, 15) is 13.2 Å². The third-order valence-electron chi connectivity index (χ3n) is 5.69. The highest BCUT2D eigenvalue weighted by atomic mass is 35.5. The van der Waals surface area contributed by atoms with Crippen molar-refractivity contribution in [3.05, 3.63) is 86.8 Å². The molecule has 6 nitrogen and oxygen atoms in total. The fourth-order valence-corrected chi connectivity index (χ4v) is 5.11. The lowest BCUT2D eigenvalue weighted by Gasteiger charge is -2.23. The smallest absolute Gasteiger partial charge is 0.265 e. The monoisotopic (exact) mass is 548 g/mol. The van der Waals surface area contributed by atoms with Crippen molar-refractivity contribution in [3.8, 4) is 5.88 Å². The van der Waals surface area contributed by atoms with E-state index in [1.807, 2.05) is 24.3 Å². The second-order valence-electron chi connectivity index (χ2n) is 8.53. The maximum atomic E-state index is 12.9. The first kappa shape index (κ1) is 25.4. The van der Waals surface area contributed by atoms with Crippen LogP contribution in [0, 0.1) is 0 Å². The quantitative estimate of drug-likeness (QED) is 0.259. The summed E-state index contributed by atoms with van der Waals surface area (Å²) in [5.74, 6) is -0.0484. The van der Waals surface area contributed by atoms with Gasteiger partial charge in [0.1, 0.15) is 11.8 Å². The number of fused-ring (bicyclic) bond motifs is 1. The Hall–Kier alpha value is -2.65. The number of hydrogen-bond donors (Lipinski definition) is 1. The van der Waals surface area contributed by atoms with Crippen molar-refractivity contribution in [2.75, 3.05) is 11.6 Å². The van der Waals surface area contributed by atoms with Crippen LogP contribution in [0.5, 0.6) is 5.88 Å². The molecule has 0 aliphatic rings. The molecule has 0 aliphatic heterocycles. The van der Waals surface area contributed by atoms with Gasteiger partial charge in [-0.25, -0.2) is 13.4 Å². The van der Waals surface area contributed by atoms with Crippen molar-refractivity contribution in [1.82, 2.24) is 4.98 Å². The van der Waals surface area contributed by atoms with Crippen molar-refractivity contribution < 1.29 is 17.9 Å². The molecule has 0 unspecified atom stereocenters. The molecule has 0 saturated carbocycles. The first-order valence-corrected chi connectivity index (χ1v) is 14.0. The maximum Gasteiger partial charge on any atom is 0.265 e. The van der Waals surface area contributed by atoms with Gasteiger partial charge in [-0.05, 0) is 66.8 Å². The van der Waals surface area contributed by atoms with Crippen LogP contribution in [0.3, 0.4) is 0 Å². The first-order chi connectivity index (χ1) is 16.4. The highest BCUT2D eigenvalue weighted by Gasteiger charge is 2.32. The molecular weight excluding hydrogens is 527 g/mol. The van der Waals surface area contributed by atoms with Crippen LogP contribution in [0.15, 0.2) is 60.7 Å². The molecule has 0 bridgehead atoms. The van der Waals surface area contributed by atoms with Crippen LogP contribution in [0.1, 0.15) is 34.6 Å². The van der Waals surface area contributed by atoms with Gasteiger partial charge in [-0.2, -0.15) is 0 Å². The van der Waals surface area contributed by atoms with Gasteiger partial charge in [0.2, 0.25) is 5.88 Å². The van der Waals surface area contributed by atoms with Crippen molar-refractivity contribution in [2.45, 2.75) is 25.2 Å². The van der Waals surface area contributed by atoms with Crippen LogP contribution in [0.2, 0.25) is 10.2 Å². The number of aromatic nitrogens is 1. The lowest BCUT2D eigenvalue weighted by molar-refractivity contribution is 0.103. The van der Waals surface area contributed by atoms with Crippen LogP contribution < -0.4 is 10.1 Å². The molecule has 0 atom stereocenters. The van der Waals surface area contributed by atoms with Gasteiger partial charge in [-0.1, -0.05) is 41.4 Å². The molecule has 2 aromatic heterocycles. The zero-order valence-corrected chi connectivity index (χ0v) is 22.3. The van der Waals surface area contributed by atoms with Gasteiger partial charge in [-0.3, -0.25) is 4.79 Å². The van der Waals surface area contributed by atoms with Crippen LogP contribution in [0.4, 0.5) is 5.69 Å². The Bertz CT molecular complexity index is 1510. The fraction of sp³-hybridized carbons (Fsp3) is 0.200. The van der Waals surface area contributed by atoms with Gasteiger partial charge in [0.15, 0.2) is 9.84 Å². The Morgan fingerprint density at radius 3 is 2.46 bits per heavy atom. The molecule has 0 fully saturated rings. The summed E-state index contributed by atoms with van der Waals surface area (Å²) in [6, 6.07) is 17.6. The Balaban J connectivity index is 1.52. The number of hydrogen-bond acceptors (Lipinski definition) is 6.